The van der Waals surface area contributed by atoms with Crippen molar-refractivity contribution in [1.82, 2.24) is 9.80 Å². The molecule has 120 valence electrons. The van der Waals surface area contributed by atoms with Crippen molar-refractivity contribution >= 4 is 5.91 Å². The van der Waals surface area contributed by atoms with Gasteiger partial charge in [-0.05, 0) is 42.9 Å². The zero-order valence-electron chi connectivity index (χ0n) is 13.5. The number of carbonyl (C=O) groups is 1. The van der Waals surface area contributed by atoms with Gasteiger partial charge in [0.1, 0.15) is 0 Å². The fraction of sp³-hybridized carbons (Fsp3) is 0.611. The summed E-state index contributed by atoms with van der Waals surface area (Å²) in [4.78, 5) is 17.0. The molecule has 0 aromatic heterocycles. The molecule has 2 aliphatic rings. The fourth-order valence-electron chi connectivity index (χ4n) is 3.74. The van der Waals surface area contributed by atoms with Crippen LogP contribution < -0.4 is 5.73 Å². The number of amides is 1. The summed E-state index contributed by atoms with van der Waals surface area (Å²) in [6.45, 7) is 6.06. The van der Waals surface area contributed by atoms with Crippen LogP contribution in [0.4, 0.5) is 0 Å². The van der Waals surface area contributed by atoms with Crippen molar-refractivity contribution in [2.24, 2.45) is 11.7 Å². The van der Waals surface area contributed by atoms with Gasteiger partial charge in [0.15, 0.2) is 0 Å². The first kappa shape index (κ1) is 15.5. The summed E-state index contributed by atoms with van der Waals surface area (Å²) in [7, 11) is 0. The molecular formula is C18H27N3O. The van der Waals surface area contributed by atoms with Crippen molar-refractivity contribution in [3.8, 4) is 0 Å². The first-order valence-electron chi connectivity index (χ1n) is 8.46. The van der Waals surface area contributed by atoms with E-state index < -0.39 is 0 Å². The van der Waals surface area contributed by atoms with Crippen LogP contribution in [0, 0.1) is 5.92 Å². The van der Waals surface area contributed by atoms with E-state index in [1.165, 1.54) is 17.5 Å². The van der Waals surface area contributed by atoms with Gasteiger partial charge in [0.25, 0.3) is 0 Å². The van der Waals surface area contributed by atoms with Gasteiger partial charge < -0.3 is 10.6 Å². The lowest BCUT2D eigenvalue weighted by molar-refractivity contribution is -0.134. The van der Waals surface area contributed by atoms with Crippen LogP contribution in [-0.4, -0.2) is 47.9 Å². The van der Waals surface area contributed by atoms with E-state index in [0.29, 0.717) is 19.1 Å². The normalized spacial score (nSPS) is 25.8. The highest BCUT2D eigenvalue weighted by atomic mass is 16.2. The topological polar surface area (TPSA) is 49.6 Å². The average Bonchev–Trinajstić information content (AvgIpc) is 2.55. The van der Waals surface area contributed by atoms with Gasteiger partial charge in [-0.2, -0.15) is 0 Å². The second kappa shape index (κ2) is 6.80. The highest BCUT2D eigenvalue weighted by Crippen LogP contribution is 2.23. The Hall–Kier alpha value is -1.39. The molecule has 0 bridgehead atoms. The molecule has 4 nitrogen and oxygen atoms in total. The fourth-order valence-corrected chi connectivity index (χ4v) is 3.74. The Morgan fingerprint density at radius 2 is 2.05 bits per heavy atom. The molecule has 1 fully saturated rings. The van der Waals surface area contributed by atoms with Gasteiger partial charge in [0.2, 0.25) is 5.91 Å². The lowest BCUT2D eigenvalue weighted by Crippen LogP contribution is -2.51. The molecule has 1 saturated heterocycles. The van der Waals surface area contributed by atoms with Crippen LogP contribution in [0.2, 0.25) is 0 Å². The third-order valence-corrected chi connectivity index (χ3v) is 5.19. The van der Waals surface area contributed by atoms with Crippen LogP contribution in [0.25, 0.3) is 0 Å². The lowest BCUT2D eigenvalue weighted by atomic mass is 9.92. The second-order valence-electron chi connectivity index (χ2n) is 6.82. The van der Waals surface area contributed by atoms with E-state index in [9.17, 15) is 4.79 Å². The van der Waals surface area contributed by atoms with Gasteiger partial charge in [0.05, 0.1) is 6.54 Å². The number of nitrogens with zero attached hydrogens (tertiary/aromatic N) is 2. The monoisotopic (exact) mass is 301 g/mol. The Bertz CT molecular complexity index is 531. The predicted molar refractivity (Wildman–Crippen MR) is 88.4 cm³/mol. The van der Waals surface area contributed by atoms with E-state index >= 15 is 0 Å². The number of hydrogen-bond donors (Lipinski definition) is 1. The molecule has 2 heterocycles. The maximum absolute atomic E-state index is 12.7. The number of hydrogen-bond acceptors (Lipinski definition) is 3. The van der Waals surface area contributed by atoms with Crippen molar-refractivity contribution in [1.29, 1.82) is 0 Å². The van der Waals surface area contributed by atoms with Crippen LogP contribution in [0.15, 0.2) is 24.3 Å². The van der Waals surface area contributed by atoms with Gasteiger partial charge in [-0.25, -0.2) is 0 Å². The first-order chi connectivity index (χ1) is 10.7. The van der Waals surface area contributed by atoms with E-state index in [-0.39, 0.29) is 5.91 Å². The van der Waals surface area contributed by atoms with E-state index in [0.717, 1.165) is 38.4 Å². The highest BCUT2D eigenvalue weighted by Gasteiger charge is 2.29. The molecule has 2 aliphatic heterocycles. The van der Waals surface area contributed by atoms with Gasteiger partial charge in [-0.15, -0.1) is 0 Å². The third-order valence-electron chi connectivity index (χ3n) is 5.19. The number of fused-ring (bicyclic) bond motifs is 1. The van der Waals surface area contributed by atoms with Gasteiger partial charge in [0, 0.05) is 25.7 Å². The van der Waals surface area contributed by atoms with Crippen LogP contribution in [0.5, 0.6) is 0 Å². The highest BCUT2D eigenvalue weighted by molar-refractivity contribution is 5.78. The van der Waals surface area contributed by atoms with Crippen molar-refractivity contribution in [3.05, 3.63) is 35.4 Å². The minimum atomic E-state index is 0.252. The minimum Gasteiger partial charge on any atom is -0.337 e. The first-order valence-corrected chi connectivity index (χ1v) is 8.46. The summed E-state index contributed by atoms with van der Waals surface area (Å²) in [6, 6.07) is 8.82. The summed E-state index contributed by atoms with van der Waals surface area (Å²) in [5.41, 5.74) is 8.59. The minimum absolute atomic E-state index is 0.252. The molecule has 0 saturated carbocycles. The van der Waals surface area contributed by atoms with Crippen molar-refractivity contribution in [2.45, 2.75) is 38.8 Å². The predicted octanol–water partition coefficient (Wildman–Crippen LogP) is 1.63. The molecule has 2 atom stereocenters. The maximum Gasteiger partial charge on any atom is 0.237 e. The standard InChI is InChI=1S/C18H27N3O/c1-14-6-8-20(17(10-14)11-19)13-18(22)21-9-7-15-4-2-3-5-16(15)12-21/h2-5,14,17H,6-13,19H2,1H3. The third kappa shape index (κ3) is 3.33. The summed E-state index contributed by atoms with van der Waals surface area (Å²) in [5, 5.41) is 0. The quantitative estimate of drug-likeness (QED) is 0.923. The molecule has 1 amide bonds. The summed E-state index contributed by atoms with van der Waals surface area (Å²) in [6.07, 6.45) is 3.26. The van der Waals surface area contributed by atoms with Crippen LogP contribution in [-0.2, 0) is 17.8 Å². The van der Waals surface area contributed by atoms with Gasteiger partial charge in [-0.3, -0.25) is 9.69 Å². The molecule has 3 rings (SSSR count). The Morgan fingerprint density at radius 3 is 2.82 bits per heavy atom. The molecule has 1 aromatic rings. The number of benzene rings is 1. The second-order valence-corrected chi connectivity index (χ2v) is 6.82. The molecule has 0 aliphatic carbocycles. The number of rotatable bonds is 3. The Labute approximate surface area is 133 Å². The van der Waals surface area contributed by atoms with Crippen molar-refractivity contribution < 1.29 is 4.79 Å². The zero-order valence-corrected chi connectivity index (χ0v) is 13.5. The molecule has 0 spiro atoms. The van der Waals surface area contributed by atoms with E-state index in [1.807, 2.05) is 4.90 Å². The molecule has 22 heavy (non-hydrogen) atoms. The van der Waals surface area contributed by atoms with Crippen LogP contribution in [0.3, 0.4) is 0 Å². The summed E-state index contributed by atoms with van der Waals surface area (Å²) < 4.78 is 0. The van der Waals surface area contributed by atoms with Crippen molar-refractivity contribution in [3.63, 3.8) is 0 Å². The molecule has 2 unspecified atom stereocenters. The Morgan fingerprint density at radius 1 is 1.27 bits per heavy atom. The van der Waals surface area contributed by atoms with E-state index in [4.69, 9.17) is 5.73 Å². The lowest BCUT2D eigenvalue weighted by Gasteiger charge is -2.39. The van der Waals surface area contributed by atoms with Crippen LogP contribution >= 0.6 is 0 Å². The van der Waals surface area contributed by atoms with Gasteiger partial charge >= 0.3 is 0 Å². The number of likely N-dealkylation sites (tertiary alicyclic amines) is 1. The SMILES string of the molecule is CC1CCN(CC(=O)N2CCc3ccccc3C2)C(CN)C1. The van der Waals surface area contributed by atoms with E-state index in [2.05, 4.69) is 36.1 Å². The molecule has 1 aromatic carbocycles. The maximum atomic E-state index is 12.7. The summed E-state index contributed by atoms with van der Waals surface area (Å²) >= 11 is 0. The molecule has 4 heteroatoms. The average molecular weight is 301 g/mol. The van der Waals surface area contributed by atoms with E-state index in [1.54, 1.807) is 0 Å². The smallest absolute Gasteiger partial charge is 0.237 e. The number of nitrogens with two attached hydrogens (primary N) is 1. The number of carbonyl (C=O) groups excluding carboxylic acids is 1. The number of piperidine rings is 1. The van der Waals surface area contributed by atoms with Crippen molar-refractivity contribution in [2.75, 3.05) is 26.2 Å². The summed E-state index contributed by atoms with van der Waals surface area (Å²) in [5.74, 6) is 0.976. The molecule has 2 N–H and O–H groups in total. The largest absolute Gasteiger partial charge is 0.337 e. The van der Waals surface area contributed by atoms with Gasteiger partial charge in [-0.1, -0.05) is 31.2 Å². The van der Waals surface area contributed by atoms with Crippen LogP contribution in [0.1, 0.15) is 30.9 Å². The molecule has 0 radical (unpaired) electrons. The Balaban J connectivity index is 1.61. The zero-order chi connectivity index (χ0) is 15.5. The molecular weight excluding hydrogens is 274 g/mol. The Kier molecular flexibility index (Phi) is 4.79.